The number of nitrogens with one attached hydrogen (secondary N) is 2. The minimum atomic E-state index is -1.20. The molecule has 2 amide bonds. The summed E-state index contributed by atoms with van der Waals surface area (Å²) < 4.78 is 5.37. The predicted octanol–water partition coefficient (Wildman–Crippen LogP) is 4.83. The van der Waals surface area contributed by atoms with Crippen molar-refractivity contribution in [1.29, 1.82) is 0 Å². The maximum atomic E-state index is 13.0. The molecular weight excluding hydrogens is 536 g/mol. The maximum absolute atomic E-state index is 13.0. The summed E-state index contributed by atoms with van der Waals surface area (Å²) in [5.41, 5.74) is 2.96. The van der Waals surface area contributed by atoms with E-state index in [0.29, 0.717) is 35.1 Å². The van der Waals surface area contributed by atoms with Crippen LogP contribution in [0.2, 0.25) is 0 Å². The molecule has 0 radical (unpaired) electrons. The van der Waals surface area contributed by atoms with Crippen LogP contribution in [0.15, 0.2) is 71.1 Å². The molecule has 42 heavy (non-hydrogen) atoms. The van der Waals surface area contributed by atoms with Gasteiger partial charge in [0.25, 0.3) is 0 Å². The van der Waals surface area contributed by atoms with Crippen molar-refractivity contribution in [2.24, 2.45) is 0 Å². The van der Waals surface area contributed by atoms with Gasteiger partial charge >= 0.3 is 18.0 Å². The van der Waals surface area contributed by atoms with Gasteiger partial charge in [-0.3, -0.25) is 0 Å². The van der Waals surface area contributed by atoms with Crippen LogP contribution in [0.3, 0.4) is 0 Å². The van der Waals surface area contributed by atoms with Crippen LogP contribution in [0.5, 0.6) is 5.75 Å². The van der Waals surface area contributed by atoms with Crippen LogP contribution in [-0.2, 0) is 9.59 Å². The van der Waals surface area contributed by atoms with Gasteiger partial charge in [0.05, 0.1) is 24.2 Å². The van der Waals surface area contributed by atoms with E-state index in [4.69, 9.17) is 4.74 Å². The maximum Gasteiger partial charge on any atom is 0.334 e. The number of carboxylic acids is 2. The first kappa shape index (κ1) is 30.6. The molecule has 0 atom stereocenters. The van der Waals surface area contributed by atoms with Crippen LogP contribution in [0.1, 0.15) is 56.1 Å². The zero-order valence-electron chi connectivity index (χ0n) is 24.6. The highest BCUT2D eigenvalue weighted by Gasteiger charge is 2.36. The third kappa shape index (κ3) is 7.12. The summed E-state index contributed by atoms with van der Waals surface area (Å²) in [6.07, 6.45) is 3.02. The average Bonchev–Trinajstić information content (AvgIpc) is 2.96. The number of allylic oxidation sites excluding steroid dienone is 2. The summed E-state index contributed by atoms with van der Waals surface area (Å²) >= 11 is 0. The Bertz CT molecular complexity index is 1360. The Hall–Kier alpha value is -4.31. The van der Waals surface area contributed by atoms with Crippen molar-refractivity contribution >= 4 is 23.7 Å². The monoisotopic (exact) mass is 576 g/mol. The second-order valence-corrected chi connectivity index (χ2v) is 11.0. The smallest absolute Gasteiger partial charge is 0.334 e. The molecule has 224 valence electrons. The van der Waals surface area contributed by atoms with Crippen LogP contribution in [0, 0.1) is 0 Å². The molecule has 1 saturated heterocycles. The van der Waals surface area contributed by atoms with Crippen LogP contribution >= 0.6 is 0 Å². The number of benzene rings is 2. The zero-order valence-corrected chi connectivity index (χ0v) is 24.6. The Labute approximate surface area is 246 Å². The van der Waals surface area contributed by atoms with Crippen molar-refractivity contribution < 1.29 is 29.3 Å². The minimum Gasteiger partial charge on any atom is -0.497 e. The molecule has 0 spiro atoms. The number of amides is 2. The molecule has 0 saturated carbocycles. The first-order chi connectivity index (χ1) is 20.1. The lowest BCUT2D eigenvalue weighted by Gasteiger charge is -2.32. The number of dihydropyridines is 1. The van der Waals surface area contributed by atoms with Crippen LogP contribution in [0.25, 0.3) is 0 Å². The number of methoxy groups -OCH3 is 1. The molecule has 2 aromatic rings. The number of likely N-dealkylation sites (tertiary alicyclic amines) is 1. The van der Waals surface area contributed by atoms with E-state index in [2.05, 4.69) is 27.7 Å². The van der Waals surface area contributed by atoms with Gasteiger partial charge in [0.15, 0.2) is 0 Å². The van der Waals surface area contributed by atoms with E-state index in [-0.39, 0.29) is 17.2 Å². The van der Waals surface area contributed by atoms with Gasteiger partial charge < -0.3 is 35.4 Å². The molecule has 10 nitrogen and oxygen atoms in total. The van der Waals surface area contributed by atoms with Crippen molar-refractivity contribution in [3.05, 3.63) is 82.2 Å². The number of aliphatic carboxylic acids is 2. The zero-order chi connectivity index (χ0) is 30.4. The molecule has 0 bridgehead atoms. The second kappa shape index (κ2) is 13.6. The molecule has 1 fully saturated rings. The molecule has 4 N–H and O–H groups in total. The number of rotatable bonds is 10. The number of hydrogen-bond donors (Lipinski definition) is 4. The normalized spacial score (nSPS) is 16.7. The molecule has 0 unspecified atom stereocenters. The van der Waals surface area contributed by atoms with Gasteiger partial charge in [-0.1, -0.05) is 24.3 Å². The van der Waals surface area contributed by atoms with Crippen LogP contribution in [0.4, 0.5) is 10.5 Å². The lowest BCUT2D eigenvalue weighted by molar-refractivity contribution is -0.133. The highest BCUT2D eigenvalue weighted by molar-refractivity contribution is 5.98. The minimum absolute atomic E-state index is 0.0360. The Balaban J connectivity index is 1.32. The number of carbonyl (C=O) groups is 3. The van der Waals surface area contributed by atoms with Gasteiger partial charge in [-0.05, 0) is 94.1 Å². The number of urea groups is 1. The Morgan fingerprint density at radius 3 is 2.21 bits per heavy atom. The van der Waals surface area contributed by atoms with E-state index >= 15 is 0 Å². The Kier molecular flexibility index (Phi) is 9.90. The van der Waals surface area contributed by atoms with Crippen molar-refractivity contribution in [3.63, 3.8) is 0 Å². The van der Waals surface area contributed by atoms with E-state index < -0.39 is 17.9 Å². The average molecular weight is 577 g/mol. The van der Waals surface area contributed by atoms with Crippen molar-refractivity contribution in [3.8, 4) is 5.75 Å². The lowest BCUT2D eigenvalue weighted by Crippen LogP contribution is -2.37. The fraction of sp³-hybridized carbons (Fsp3) is 0.406. The summed E-state index contributed by atoms with van der Waals surface area (Å²) in [4.78, 5) is 41.2. The summed E-state index contributed by atoms with van der Waals surface area (Å²) in [5, 5.41) is 25.5. The first-order valence-electron chi connectivity index (χ1n) is 14.2. The van der Waals surface area contributed by atoms with E-state index in [1.807, 2.05) is 12.1 Å². The summed E-state index contributed by atoms with van der Waals surface area (Å²) in [7, 11) is 3.43. The standard InChI is InChI=1S/C32H40N4O6/c1-20-27(30(37)38)29(28(31(39)40)21(2)33-20)24-9-5-10-25(18-24)34-32(41)35(3)14-7-15-36-16-12-22(13-17-36)23-8-6-11-26(19-23)42-4/h5-6,8-11,18-19,22,29,33H,7,12-17H2,1-4H3,(H,34,41)(H,37,38)(H,39,40). The number of anilines is 1. The lowest BCUT2D eigenvalue weighted by atomic mass is 9.80. The fourth-order valence-corrected chi connectivity index (χ4v) is 5.93. The third-order valence-corrected chi connectivity index (χ3v) is 8.16. The number of nitrogens with zero attached hydrogens (tertiary/aromatic N) is 2. The largest absolute Gasteiger partial charge is 0.497 e. The number of ether oxygens (including phenoxy) is 1. The van der Waals surface area contributed by atoms with Gasteiger partial charge in [0.2, 0.25) is 0 Å². The Morgan fingerprint density at radius 2 is 1.60 bits per heavy atom. The molecule has 2 aliphatic rings. The molecule has 2 heterocycles. The number of hydrogen-bond acceptors (Lipinski definition) is 6. The third-order valence-electron chi connectivity index (χ3n) is 8.16. The number of piperidine rings is 1. The molecule has 2 aromatic carbocycles. The molecule has 10 heteroatoms. The predicted molar refractivity (Wildman–Crippen MR) is 161 cm³/mol. The molecular formula is C32H40N4O6. The van der Waals surface area contributed by atoms with E-state index in [1.165, 1.54) is 5.56 Å². The highest BCUT2D eigenvalue weighted by Crippen LogP contribution is 2.39. The van der Waals surface area contributed by atoms with Gasteiger partial charge in [0, 0.05) is 30.7 Å². The van der Waals surface area contributed by atoms with Crippen molar-refractivity contribution in [1.82, 2.24) is 15.1 Å². The van der Waals surface area contributed by atoms with Gasteiger partial charge in [-0.15, -0.1) is 0 Å². The second-order valence-electron chi connectivity index (χ2n) is 11.0. The van der Waals surface area contributed by atoms with Crippen LogP contribution < -0.4 is 15.4 Å². The van der Waals surface area contributed by atoms with E-state index in [0.717, 1.165) is 44.6 Å². The van der Waals surface area contributed by atoms with Crippen molar-refractivity contribution in [2.75, 3.05) is 45.7 Å². The number of carboxylic acid groups (broad SMARTS) is 2. The molecule has 0 aliphatic carbocycles. The summed E-state index contributed by atoms with van der Waals surface area (Å²) in [6, 6.07) is 14.7. The summed E-state index contributed by atoms with van der Waals surface area (Å²) in [5.74, 6) is -1.96. The Morgan fingerprint density at radius 1 is 0.976 bits per heavy atom. The topological polar surface area (TPSA) is 131 Å². The van der Waals surface area contributed by atoms with Crippen LogP contribution in [-0.4, -0.2) is 78.3 Å². The molecule has 0 aromatic heterocycles. The van der Waals surface area contributed by atoms with E-state index in [9.17, 15) is 24.6 Å². The van der Waals surface area contributed by atoms with E-state index in [1.54, 1.807) is 57.2 Å². The highest BCUT2D eigenvalue weighted by atomic mass is 16.5. The van der Waals surface area contributed by atoms with Crippen molar-refractivity contribution in [2.45, 2.75) is 44.9 Å². The van der Waals surface area contributed by atoms with Gasteiger partial charge in [-0.2, -0.15) is 0 Å². The SMILES string of the molecule is COc1cccc(C2CCN(CCCN(C)C(=O)Nc3cccc(C4C(C(=O)O)=C(C)NC(C)=C4C(=O)O)c3)CC2)c1. The van der Waals surface area contributed by atoms with Gasteiger partial charge in [-0.25, -0.2) is 14.4 Å². The first-order valence-corrected chi connectivity index (χ1v) is 14.2. The number of carbonyl (C=O) groups excluding carboxylic acids is 1. The molecule has 2 aliphatic heterocycles. The fourth-order valence-electron chi connectivity index (χ4n) is 5.93. The van der Waals surface area contributed by atoms with Gasteiger partial charge in [0.1, 0.15) is 5.75 Å². The summed E-state index contributed by atoms with van der Waals surface area (Å²) in [6.45, 7) is 6.73. The molecule has 4 rings (SSSR count). The quantitative estimate of drug-likeness (QED) is 0.316.